The fraction of sp³-hybridized carbons (Fsp3) is 0.303. The molecule has 7 rings (SSSR count). The highest BCUT2D eigenvalue weighted by atomic mass is 35.5. The van der Waals surface area contributed by atoms with Crippen LogP contribution < -0.4 is 4.90 Å². The lowest BCUT2D eigenvalue weighted by atomic mass is 9.56. The molecule has 0 aromatic heterocycles. The molecule has 3 aromatic carbocycles. The molecule has 2 saturated heterocycles. The van der Waals surface area contributed by atoms with Gasteiger partial charge in [-0.25, -0.2) is 9.29 Å². The number of benzene rings is 3. The maximum absolute atomic E-state index is 14.5. The van der Waals surface area contributed by atoms with Crippen molar-refractivity contribution < 1.29 is 38.6 Å². The van der Waals surface area contributed by atoms with Crippen LogP contribution in [0.5, 0.6) is 5.75 Å². The first-order valence-corrected chi connectivity index (χ1v) is 15.2. The van der Waals surface area contributed by atoms with Crippen LogP contribution in [0.1, 0.15) is 30.7 Å². The van der Waals surface area contributed by atoms with Crippen LogP contribution in [0.15, 0.2) is 72.3 Å². The summed E-state index contributed by atoms with van der Waals surface area (Å²) in [6.07, 6.45) is 1.11. The molecule has 0 bridgehead atoms. The van der Waals surface area contributed by atoms with Crippen LogP contribution in [0.25, 0.3) is 10.8 Å². The SMILES string of the molecule is O=C(O)CCN1C(=O)[C@H]2[C@H](CC=C3[C@H]2C[C@@]2(Cl)C(=O)N(c4ccc(F)cc4)C(=O)[C@@]2(Cl)[C@H]3c2c(O)ccc3ccccc23)C1=O. The molecule has 6 atom stereocenters. The van der Waals surface area contributed by atoms with E-state index in [1.54, 1.807) is 30.3 Å². The van der Waals surface area contributed by atoms with Crippen molar-refractivity contribution in [1.82, 2.24) is 4.90 Å². The Bertz CT molecular complexity index is 1880. The number of phenols is 1. The highest BCUT2D eigenvalue weighted by Gasteiger charge is 2.77. The molecular formula is C33H25Cl2FN2O7. The molecule has 2 aliphatic carbocycles. The van der Waals surface area contributed by atoms with E-state index in [4.69, 9.17) is 23.2 Å². The summed E-state index contributed by atoms with van der Waals surface area (Å²) in [5, 5.41) is 21.9. The van der Waals surface area contributed by atoms with Crippen LogP contribution in [0.3, 0.4) is 0 Å². The van der Waals surface area contributed by atoms with Crippen molar-refractivity contribution in [1.29, 1.82) is 0 Å². The fourth-order valence-electron chi connectivity index (χ4n) is 7.80. The zero-order chi connectivity index (χ0) is 32.0. The number of nitrogens with zero attached hydrogens (tertiary/aromatic N) is 2. The number of rotatable bonds is 5. The molecule has 0 radical (unpaired) electrons. The number of carbonyl (C=O) groups is 5. The van der Waals surface area contributed by atoms with Crippen molar-refractivity contribution in [2.45, 2.75) is 34.9 Å². The van der Waals surface area contributed by atoms with Crippen LogP contribution in [-0.4, -0.2) is 61.0 Å². The zero-order valence-corrected chi connectivity index (χ0v) is 25.0. The summed E-state index contributed by atoms with van der Waals surface area (Å²) >= 11 is 14.8. The number of halogens is 3. The average Bonchev–Trinajstić information content (AvgIpc) is 3.34. The van der Waals surface area contributed by atoms with Gasteiger partial charge in [-0.05, 0) is 59.9 Å². The lowest BCUT2D eigenvalue weighted by Crippen LogP contribution is -2.60. The molecule has 2 aliphatic heterocycles. The number of hydrogen-bond donors (Lipinski definition) is 2. The van der Waals surface area contributed by atoms with Gasteiger partial charge in [-0.15, -0.1) is 23.2 Å². The quantitative estimate of drug-likeness (QED) is 0.232. The second-order valence-corrected chi connectivity index (χ2v) is 13.2. The van der Waals surface area contributed by atoms with Crippen molar-refractivity contribution >= 4 is 69.3 Å². The molecule has 3 fully saturated rings. The van der Waals surface area contributed by atoms with Crippen molar-refractivity contribution in [3.8, 4) is 5.75 Å². The van der Waals surface area contributed by atoms with Gasteiger partial charge in [0.05, 0.1) is 23.9 Å². The van der Waals surface area contributed by atoms with Gasteiger partial charge in [0.15, 0.2) is 9.75 Å². The first-order valence-electron chi connectivity index (χ1n) is 14.4. The van der Waals surface area contributed by atoms with Gasteiger partial charge in [0.1, 0.15) is 11.6 Å². The molecule has 45 heavy (non-hydrogen) atoms. The number of hydrogen-bond acceptors (Lipinski definition) is 6. The summed E-state index contributed by atoms with van der Waals surface area (Å²) in [6.45, 7) is -0.309. The number of carboxylic acids is 1. The summed E-state index contributed by atoms with van der Waals surface area (Å²) in [5.74, 6) is -8.71. The predicted octanol–water partition coefficient (Wildman–Crippen LogP) is 4.72. The van der Waals surface area contributed by atoms with E-state index in [2.05, 4.69) is 0 Å². The molecule has 12 heteroatoms. The van der Waals surface area contributed by atoms with E-state index in [-0.39, 0.29) is 36.4 Å². The molecule has 0 spiro atoms. The van der Waals surface area contributed by atoms with E-state index >= 15 is 0 Å². The van der Waals surface area contributed by atoms with Gasteiger partial charge < -0.3 is 10.2 Å². The van der Waals surface area contributed by atoms with Crippen molar-refractivity contribution in [3.63, 3.8) is 0 Å². The van der Waals surface area contributed by atoms with Gasteiger partial charge in [0, 0.05) is 18.0 Å². The minimum absolute atomic E-state index is 0.0449. The number of amides is 4. The molecule has 4 aliphatic rings. The lowest BCUT2D eigenvalue weighted by molar-refractivity contribution is -0.142. The van der Waals surface area contributed by atoms with Gasteiger partial charge in [-0.3, -0.25) is 28.9 Å². The van der Waals surface area contributed by atoms with E-state index in [0.717, 1.165) is 21.9 Å². The van der Waals surface area contributed by atoms with Crippen LogP contribution in [-0.2, 0) is 24.0 Å². The average molecular weight is 651 g/mol. The van der Waals surface area contributed by atoms with Crippen molar-refractivity contribution in [3.05, 3.63) is 83.7 Å². The smallest absolute Gasteiger partial charge is 0.305 e. The normalized spacial score (nSPS) is 30.8. The summed E-state index contributed by atoms with van der Waals surface area (Å²) in [5.41, 5.74) is 0.769. The van der Waals surface area contributed by atoms with E-state index in [0.29, 0.717) is 16.3 Å². The molecule has 230 valence electrons. The third kappa shape index (κ3) is 3.94. The number of allylic oxidation sites excluding steroid dienone is 2. The Morgan fingerprint density at radius 1 is 0.933 bits per heavy atom. The molecule has 2 N–H and O–H groups in total. The second-order valence-electron chi connectivity index (χ2n) is 11.9. The Balaban J connectivity index is 1.45. The number of aromatic hydroxyl groups is 1. The maximum Gasteiger partial charge on any atom is 0.305 e. The monoisotopic (exact) mass is 650 g/mol. The van der Waals surface area contributed by atoms with E-state index in [1.165, 1.54) is 18.2 Å². The number of aliphatic carboxylic acids is 1. The second kappa shape index (κ2) is 10.1. The van der Waals surface area contributed by atoms with Gasteiger partial charge in [0.25, 0.3) is 11.8 Å². The van der Waals surface area contributed by atoms with Crippen LogP contribution >= 0.6 is 23.2 Å². The standard InChI is InChI=1S/C33H25Cl2FN2O7/c34-32-15-22-20(10-11-21-25(22)29(43)37(28(21)42)14-13-24(40)41)27(26-19-4-2-1-3-16(19)5-12-23(26)39)33(32,35)31(45)38(30(32)44)18-8-6-17(36)7-9-18/h1-10,12,21-22,25,27,39H,11,13-15H2,(H,40,41)/t21-,22+,25-,27+,32+,33-/m0/s1. The van der Waals surface area contributed by atoms with E-state index < -0.39 is 75.3 Å². The van der Waals surface area contributed by atoms with Crippen LogP contribution in [0, 0.1) is 23.6 Å². The topological polar surface area (TPSA) is 132 Å². The molecule has 0 unspecified atom stereocenters. The number of fused-ring (bicyclic) bond motifs is 5. The highest BCUT2D eigenvalue weighted by Crippen LogP contribution is 2.67. The minimum Gasteiger partial charge on any atom is -0.508 e. The lowest BCUT2D eigenvalue weighted by Gasteiger charge is -2.51. The van der Waals surface area contributed by atoms with E-state index in [9.17, 15) is 38.6 Å². The Morgan fingerprint density at radius 2 is 1.64 bits per heavy atom. The number of carboxylic acid groups (broad SMARTS) is 1. The third-order valence-corrected chi connectivity index (χ3v) is 11.2. The number of alkyl halides is 2. The Labute approximate surface area is 265 Å². The first kappa shape index (κ1) is 29.4. The van der Waals surface area contributed by atoms with Crippen LogP contribution in [0.2, 0.25) is 0 Å². The van der Waals surface area contributed by atoms with Gasteiger partial charge >= 0.3 is 5.97 Å². The Kier molecular flexibility index (Phi) is 6.62. The summed E-state index contributed by atoms with van der Waals surface area (Å²) in [4.78, 5) is 64.8. The molecule has 9 nitrogen and oxygen atoms in total. The highest BCUT2D eigenvalue weighted by molar-refractivity contribution is 6.58. The summed E-state index contributed by atoms with van der Waals surface area (Å²) in [7, 11) is 0. The van der Waals surface area contributed by atoms with Crippen molar-refractivity contribution in [2.24, 2.45) is 17.8 Å². The van der Waals surface area contributed by atoms with Gasteiger partial charge in [-0.1, -0.05) is 42.0 Å². The molecule has 1 saturated carbocycles. The Hall–Kier alpha value is -4.28. The fourth-order valence-corrected chi connectivity index (χ4v) is 8.71. The first-order chi connectivity index (χ1) is 21.4. The largest absolute Gasteiger partial charge is 0.508 e. The number of likely N-dealkylation sites (tertiary alicyclic amines) is 1. The van der Waals surface area contributed by atoms with Crippen LogP contribution in [0.4, 0.5) is 10.1 Å². The number of carbonyl (C=O) groups excluding carboxylic acids is 4. The molecule has 2 heterocycles. The van der Waals surface area contributed by atoms with Crippen molar-refractivity contribution in [2.75, 3.05) is 11.4 Å². The number of anilines is 1. The minimum atomic E-state index is -2.20. The zero-order valence-electron chi connectivity index (χ0n) is 23.5. The predicted molar refractivity (Wildman–Crippen MR) is 161 cm³/mol. The molecule has 3 aromatic rings. The summed E-state index contributed by atoms with van der Waals surface area (Å²) in [6, 6.07) is 15.0. The molecular weight excluding hydrogens is 626 g/mol. The summed E-state index contributed by atoms with van der Waals surface area (Å²) < 4.78 is 13.8. The number of phenolic OH excluding ortho intramolecular Hbond substituents is 1. The Morgan fingerprint density at radius 3 is 2.36 bits per heavy atom. The maximum atomic E-state index is 14.5. The third-order valence-electron chi connectivity index (χ3n) is 9.77. The van der Waals surface area contributed by atoms with Gasteiger partial charge in [0.2, 0.25) is 11.8 Å². The van der Waals surface area contributed by atoms with E-state index in [1.807, 2.05) is 6.07 Å². The molecule has 4 amide bonds. The number of imide groups is 2. The van der Waals surface area contributed by atoms with Gasteiger partial charge in [-0.2, -0.15) is 0 Å².